The third-order valence-corrected chi connectivity index (χ3v) is 4.98. The summed E-state index contributed by atoms with van der Waals surface area (Å²) in [6.07, 6.45) is 5.24. The van der Waals surface area contributed by atoms with Crippen molar-refractivity contribution in [3.8, 4) is 11.4 Å². The van der Waals surface area contributed by atoms with E-state index in [0.29, 0.717) is 24.1 Å². The number of carbonyl (C=O) groups is 1. The fraction of sp³-hybridized carbons (Fsp3) is 0.200. The van der Waals surface area contributed by atoms with Crippen LogP contribution in [0.2, 0.25) is 0 Å². The minimum atomic E-state index is -0.0423. The first kappa shape index (κ1) is 18.8. The highest BCUT2D eigenvalue weighted by atomic mass is 32.2. The Morgan fingerprint density at radius 3 is 2.85 bits per heavy atom. The number of nitrogens with zero attached hydrogens (tertiary/aromatic N) is 4. The number of pyridine rings is 1. The van der Waals surface area contributed by atoms with Crippen LogP contribution in [0.15, 0.2) is 66.6 Å². The second kappa shape index (κ2) is 9.14. The highest BCUT2D eigenvalue weighted by Crippen LogP contribution is 2.23. The minimum absolute atomic E-state index is 0.0423. The molecule has 0 bridgehead atoms. The molecule has 0 aliphatic heterocycles. The Hall–Kier alpha value is -2.93. The predicted octanol–water partition coefficient (Wildman–Crippen LogP) is 3.24. The van der Waals surface area contributed by atoms with Gasteiger partial charge in [-0.25, -0.2) is 0 Å². The molecule has 138 valence electrons. The lowest BCUT2D eigenvalue weighted by atomic mass is 10.1. The first-order valence-corrected chi connectivity index (χ1v) is 9.56. The number of amides is 1. The Bertz CT molecular complexity index is 923. The Kier molecular flexibility index (Phi) is 6.38. The van der Waals surface area contributed by atoms with Gasteiger partial charge in [0.2, 0.25) is 5.91 Å². The molecule has 0 aliphatic carbocycles. The lowest BCUT2D eigenvalue weighted by Gasteiger charge is -2.09. The smallest absolute Gasteiger partial charge is 0.230 e. The van der Waals surface area contributed by atoms with Crippen molar-refractivity contribution >= 4 is 17.7 Å². The molecule has 0 aliphatic rings. The number of benzene rings is 1. The summed E-state index contributed by atoms with van der Waals surface area (Å²) in [4.78, 5) is 16.4. The number of hydrogen-bond donors (Lipinski definition) is 1. The van der Waals surface area contributed by atoms with E-state index in [2.05, 4.69) is 27.1 Å². The molecule has 6 nitrogen and oxygen atoms in total. The van der Waals surface area contributed by atoms with Gasteiger partial charge in [-0.15, -0.1) is 16.8 Å². The molecule has 2 heterocycles. The fourth-order valence-electron chi connectivity index (χ4n) is 2.58. The first-order chi connectivity index (χ1) is 13.2. The van der Waals surface area contributed by atoms with E-state index in [1.54, 1.807) is 18.5 Å². The molecule has 2 aromatic heterocycles. The molecule has 27 heavy (non-hydrogen) atoms. The SMILES string of the molecule is C=CCn1c(SCC(=O)NCc2ccccc2C)nnc1-c1cccnc1. The monoisotopic (exact) mass is 379 g/mol. The molecule has 0 unspecified atom stereocenters. The van der Waals surface area contributed by atoms with Crippen molar-refractivity contribution in [2.75, 3.05) is 5.75 Å². The van der Waals surface area contributed by atoms with Crippen LogP contribution >= 0.6 is 11.8 Å². The van der Waals surface area contributed by atoms with E-state index in [-0.39, 0.29) is 11.7 Å². The second-order valence-electron chi connectivity index (χ2n) is 5.94. The van der Waals surface area contributed by atoms with Gasteiger partial charge in [-0.1, -0.05) is 42.1 Å². The number of nitrogens with one attached hydrogen (secondary N) is 1. The maximum absolute atomic E-state index is 12.2. The van der Waals surface area contributed by atoms with Gasteiger partial charge < -0.3 is 5.32 Å². The molecular weight excluding hydrogens is 358 g/mol. The van der Waals surface area contributed by atoms with E-state index in [1.807, 2.05) is 47.9 Å². The first-order valence-electron chi connectivity index (χ1n) is 8.57. The van der Waals surface area contributed by atoms with E-state index in [0.717, 1.165) is 16.7 Å². The normalized spacial score (nSPS) is 10.6. The molecule has 0 saturated heterocycles. The van der Waals surface area contributed by atoms with Crippen molar-refractivity contribution in [2.24, 2.45) is 0 Å². The highest BCUT2D eigenvalue weighted by Gasteiger charge is 2.15. The molecule has 0 spiro atoms. The highest BCUT2D eigenvalue weighted by molar-refractivity contribution is 7.99. The van der Waals surface area contributed by atoms with E-state index in [1.165, 1.54) is 11.8 Å². The summed E-state index contributed by atoms with van der Waals surface area (Å²) >= 11 is 1.36. The molecule has 3 rings (SSSR count). The van der Waals surface area contributed by atoms with Crippen LogP contribution in [0.1, 0.15) is 11.1 Å². The van der Waals surface area contributed by atoms with Crippen LogP contribution in [-0.4, -0.2) is 31.4 Å². The molecule has 1 N–H and O–H groups in total. The Balaban J connectivity index is 1.63. The number of aromatic nitrogens is 4. The van der Waals surface area contributed by atoms with Gasteiger partial charge in [0.05, 0.1) is 5.75 Å². The summed E-state index contributed by atoms with van der Waals surface area (Å²) in [5.41, 5.74) is 3.16. The summed E-state index contributed by atoms with van der Waals surface area (Å²) in [6, 6.07) is 11.8. The number of hydrogen-bond acceptors (Lipinski definition) is 5. The standard InChI is InChI=1S/C20H21N5OS/c1-3-11-25-19(17-9-6-10-21-12-17)23-24-20(25)27-14-18(26)22-13-16-8-5-4-7-15(16)2/h3-10,12H,1,11,13-14H2,2H3,(H,22,26). The summed E-state index contributed by atoms with van der Waals surface area (Å²) in [5.74, 6) is 0.943. The van der Waals surface area contributed by atoms with E-state index in [4.69, 9.17) is 0 Å². The molecule has 1 aromatic carbocycles. The van der Waals surface area contributed by atoms with Gasteiger partial charge in [0.1, 0.15) is 0 Å². The van der Waals surface area contributed by atoms with Gasteiger partial charge in [0.25, 0.3) is 0 Å². The Morgan fingerprint density at radius 2 is 2.11 bits per heavy atom. The van der Waals surface area contributed by atoms with Crippen molar-refractivity contribution in [1.29, 1.82) is 0 Å². The average molecular weight is 379 g/mol. The summed E-state index contributed by atoms with van der Waals surface area (Å²) in [5, 5.41) is 12.1. The lowest BCUT2D eigenvalue weighted by molar-refractivity contribution is -0.118. The molecule has 0 fully saturated rings. The van der Waals surface area contributed by atoms with Gasteiger partial charge in [-0.3, -0.25) is 14.3 Å². The zero-order chi connectivity index (χ0) is 19.1. The van der Waals surface area contributed by atoms with Gasteiger partial charge in [0.15, 0.2) is 11.0 Å². The van der Waals surface area contributed by atoms with E-state index in [9.17, 15) is 4.79 Å². The number of thioether (sulfide) groups is 1. The van der Waals surface area contributed by atoms with Gasteiger partial charge in [-0.05, 0) is 30.2 Å². The van der Waals surface area contributed by atoms with Gasteiger partial charge in [-0.2, -0.15) is 0 Å². The zero-order valence-electron chi connectivity index (χ0n) is 15.1. The predicted molar refractivity (Wildman–Crippen MR) is 107 cm³/mol. The van der Waals surface area contributed by atoms with Crippen molar-refractivity contribution < 1.29 is 4.79 Å². The number of rotatable bonds is 8. The zero-order valence-corrected chi connectivity index (χ0v) is 15.9. The van der Waals surface area contributed by atoms with E-state index < -0.39 is 0 Å². The lowest BCUT2D eigenvalue weighted by Crippen LogP contribution is -2.25. The Labute approximate surface area is 162 Å². The minimum Gasteiger partial charge on any atom is -0.351 e. The third-order valence-electron chi connectivity index (χ3n) is 4.02. The van der Waals surface area contributed by atoms with Crippen LogP contribution in [0.3, 0.4) is 0 Å². The number of allylic oxidation sites excluding steroid dienone is 1. The molecule has 7 heteroatoms. The quantitative estimate of drug-likeness (QED) is 0.480. The molecule has 0 saturated carbocycles. The topological polar surface area (TPSA) is 72.7 Å². The Morgan fingerprint density at radius 1 is 1.26 bits per heavy atom. The fourth-order valence-corrected chi connectivity index (χ4v) is 3.36. The number of aryl methyl sites for hydroxylation is 1. The van der Waals surface area contributed by atoms with Crippen LogP contribution in [-0.2, 0) is 17.9 Å². The summed E-state index contributed by atoms with van der Waals surface area (Å²) < 4.78 is 1.93. The molecule has 0 radical (unpaired) electrons. The van der Waals surface area contributed by atoms with Crippen molar-refractivity contribution in [3.05, 3.63) is 72.6 Å². The van der Waals surface area contributed by atoms with E-state index >= 15 is 0 Å². The van der Waals surface area contributed by atoms with Crippen LogP contribution in [0.25, 0.3) is 11.4 Å². The maximum Gasteiger partial charge on any atom is 0.230 e. The van der Waals surface area contributed by atoms with Crippen LogP contribution in [0, 0.1) is 6.92 Å². The molecule has 1 amide bonds. The van der Waals surface area contributed by atoms with Crippen LogP contribution in [0.5, 0.6) is 0 Å². The van der Waals surface area contributed by atoms with Crippen molar-refractivity contribution in [2.45, 2.75) is 25.2 Å². The molecule has 3 aromatic rings. The molecular formula is C20H21N5OS. The van der Waals surface area contributed by atoms with Crippen LogP contribution in [0.4, 0.5) is 0 Å². The van der Waals surface area contributed by atoms with Crippen molar-refractivity contribution in [1.82, 2.24) is 25.1 Å². The summed E-state index contributed by atoms with van der Waals surface area (Å²) in [7, 11) is 0. The average Bonchev–Trinajstić information content (AvgIpc) is 3.09. The third kappa shape index (κ3) is 4.83. The van der Waals surface area contributed by atoms with Crippen LogP contribution < -0.4 is 5.32 Å². The van der Waals surface area contributed by atoms with Gasteiger partial charge >= 0.3 is 0 Å². The number of carbonyl (C=O) groups excluding carboxylic acids is 1. The maximum atomic E-state index is 12.2. The largest absolute Gasteiger partial charge is 0.351 e. The van der Waals surface area contributed by atoms with Gasteiger partial charge in [0, 0.05) is 31.0 Å². The van der Waals surface area contributed by atoms with Crippen molar-refractivity contribution in [3.63, 3.8) is 0 Å². The summed E-state index contributed by atoms with van der Waals surface area (Å²) in [6.45, 7) is 6.91. The molecule has 0 atom stereocenters. The second-order valence-corrected chi connectivity index (χ2v) is 6.88.